The van der Waals surface area contributed by atoms with Gasteiger partial charge in [-0.3, -0.25) is 4.79 Å². The number of halogens is 1. The molecule has 5 rings (SSSR count). The first-order valence-corrected chi connectivity index (χ1v) is 10.5. The Hall–Kier alpha value is -1.22. The van der Waals surface area contributed by atoms with Crippen LogP contribution >= 0.6 is 15.9 Å². The molecule has 3 aliphatic carbocycles. The molecule has 1 aromatic rings. The Bertz CT molecular complexity index is 924. The van der Waals surface area contributed by atoms with E-state index in [1.807, 2.05) is 6.92 Å². The van der Waals surface area contributed by atoms with Crippen LogP contribution in [-0.2, 0) is 28.6 Å². The van der Waals surface area contributed by atoms with Crippen molar-refractivity contribution in [3.05, 3.63) is 41.7 Å². The van der Waals surface area contributed by atoms with E-state index in [0.29, 0.717) is 13.0 Å². The van der Waals surface area contributed by atoms with Crippen LogP contribution in [0.5, 0.6) is 0 Å². The molecule has 2 fully saturated rings. The fourth-order valence-electron chi connectivity index (χ4n) is 4.28. The standard InChI is InChI=1S/C18H19BrO6S/c1-11-4-6-13(7-5-11)26(21,22)25-14-9-17(19)8-12-10-24-18(23-3,15(17)20)16(12,14)2/h4-7,9,12H,8,10H2,1-3H3/t12-,16+,17+,18+/m1/s1. The highest BCUT2D eigenvalue weighted by Crippen LogP contribution is 2.66. The van der Waals surface area contributed by atoms with Gasteiger partial charge in [-0.05, 0) is 38.5 Å². The van der Waals surface area contributed by atoms with Crippen molar-refractivity contribution in [3.63, 3.8) is 0 Å². The molecule has 8 heteroatoms. The molecule has 0 unspecified atom stereocenters. The van der Waals surface area contributed by atoms with Crippen LogP contribution < -0.4 is 0 Å². The summed E-state index contributed by atoms with van der Waals surface area (Å²) in [6, 6.07) is 6.42. The molecule has 0 radical (unpaired) electrons. The van der Waals surface area contributed by atoms with Gasteiger partial charge in [-0.15, -0.1) is 0 Å². The van der Waals surface area contributed by atoms with Crippen molar-refractivity contribution >= 4 is 31.8 Å². The molecule has 1 saturated carbocycles. The van der Waals surface area contributed by atoms with Crippen LogP contribution in [0.15, 0.2) is 41.0 Å². The molecule has 0 amide bonds. The lowest BCUT2D eigenvalue weighted by Gasteiger charge is -2.53. The Morgan fingerprint density at radius 1 is 1.27 bits per heavy atom. The lowest BCUT2D eigenvalue weighted by Crippen LogP contribution is -2.67. The summed E-state index contributed by atoms with van der Waals surface area (Å²) < 4.78 is 41.4. The van der Waals surface area contributed by atoms with Gasteiger partial charge in [-0.1, -0.05) is 33.6 Å². The SMILES string of the molecule is CO[C@@]12OC[C@H]3C[C@](Br)(C=C(OS(=O)(=O)c4ccc(C)cc4)[C@]31C)C2=O. The minimum atomic E-state index is -4.05. The van der Waals surface area contributed by atoms with Crippen LogP contribution in [-0.4, -0.2) is 38.0 Å². The van der Waals surface area contributed by atoms with Crippen molar-refractivity contribution in [1.82, 2.24) is 0 Å². The highest BCUT2D eigenvalue weighted by atomic mass is 79.9. The van der Waals surface area contributed by atoms with Crippen LogP contribution in [0.3, 0.4) is 0 Å². The van der Waals surface area contributed by atoms with E-state index in [1.165, 1.54) is 19.2 Å². The van der Waals surface area contributed by atoms with E-state index >= 15 is 0 Å². The van der Waals surface area contributed by atoms with E-state index in [2.05, 4.69) is 15.9 Å². The lowest BCUT2D eigenvalue weighted by atomic mass is 9.56. The molecule has 4 atom stereocenters. The number of allylic oxidation sites excluding steroid dienone is 1. The third-order valence-electron chi connectivity index (χ3n) is 5.88. The maximum atomic E-state index is 13.0. The number of ketones is 1. The summed E-state index contributed by atoms with van der Waals surface area (Å²) in [6.45, 7) is 3.95. The number of aryl methyl sites for hydroxylation is 1. The van der Waals surface area contributed by atoms with Crippen molar-refractivity contribution in [2.24, 2.45) is 11.3 Å². The van der Waals surface area contributed by atoms with Crippen molar-refractivity contribution in [3.8, 4) is 0 Å². The number of Topliss-reactive ketones (excluding diaryl/α,β-unsaturated/α-hetero) is 1. The number of ether oxygens (including phenoxy) is 2. The number of carbonyl (C=O) groups is 1. The normalized spacial score (nSPS) is 38.4. The summed E-state index contributed by atoms with van der Waals surface area (Å²) in [5.41, 5.74) is -0.0619. The number of alkyl halides is 1. The average Bonchev–Trinajstić information content (AvgIpc) is 2.82. The number of methoxy groups -OCH3 is 1. The average molecular weight is 443 g/mol. The first-order valence-electron chi connectivity index (χ1n) is 8.26. The summed E-state index contributed by atoms with van der Waals surface area (Å²) in [4.78, 5) is 13.1. The van der Waals surface area contributed by atoms with E-state index < -0.39 is 25.6 Å². The minimum absolute atomic E-state index is 0.0590. The van der Waals surface area contributed by atoms with Gasteiger partial charge in [0.2, 0.25) is 11.6 Å². The number of hydrogen-bond acceptors (Lipinski definition) is 6. The molecule has 140 valence electrons. The second-order valence-electron chi connectivity index (χ2n) is 7.29. The van der Waals surface area contributed by atoms with Crippen LogP contribution in [0.1, 0.15) is 18.9 Å². The fourth-order valence-corrected chi connectivity index (χ4v) is 6.17. The molecule has 1 aromatic carbocycles. The molecule has 0 aromatic heterocycles. The predicted octanol–water partition coefficient (Wildman–Crippen LogP) is 2.70. The van der Waals surface area contributed by atoms with Crippen molar-refractivity contribution < 1.29 is 26.9 Å². The second-order valence-corrected chi connectivity index (χ2v) is 10.2. The Morgan fingerprint density at radius 3 is 2.54 bits per heavy atom. The maximum absolute atomic E-state index is 13.0. The van der Waals surface area contributed by atoms with Crippen LogP contribution in [0.4, 0.5) is 0 Å². The van der Waals surface area contributed by atoms with E-state index in [-0.39, 0.29) is 22.4 Å². The lowest BCUT2D eigenvalue weighted by molar-refractivity contribution is -0.238. The molecule has 26 heavy (non-hydrogen) atoms. The van der Waals surface area contributed by atoms with Gasteiger partial charge in [0, 0.05) is 13.0 Å². The van der Waals surface area contributed by atoms with E-state index in [4.69, 9.17) is 13.7 Å². The van der Waals surface area contributed by atoms with Crippen molar-refractivity contribution in [2.75, 3.05) is 13.7 Å². The van der Waals surface area contributed by atoms with Crippen molar-refractivity contribution in [2.45, 2.75) is 35.3 Å². The number of hydrogen-bond donors (Lipinski definition) is 0. The first kappa shape index (κ1) is 18.2. The Balaban J connectivity index is 1.81. The Kier molecular flexibility index (Phi) is 3.77. The highest BCUT2D eigenvalue weighted by molar-refractivity contribution is 9.10. The van der Waals surface area contributed by atoms with Gasteiger partial charge in [0.25, 0.3) is 0 Å². The molecule has 0 spiro atoms. The van der Waals surface area contributed by atoms with Gasteiger partial charge in [-0.25, -0.2) is 0 Å². The van der Waals surface area contributed by atoms with Crippen LogP contribution in [0, 0.1) is 18.3 Å². The van der Waals surface area contributed by atoms with Crippen LogP contribution in [0.25, 0.3) is 0 Å². The van der Waals surface area contributed by atoms with E-state index in [0.717, 1.165) is 5.56 Å². The zero-order valence-corrected chi connectivity index (χ0v) is 17.0. The molecule has 1 heterocycles. The summed E-state index contributed by atoms with van der Waals surface area (Å²) in [5.74, 6) is -1.73. The summed E-state index contributed by atoms with van der Waals surface area (Å²) >= 11 is 3.47. The molecule has 6 nitrogen and oxygen atoms in total. The largest absolute Gasteiger partial charge is 0.383 e. The monoisotopic (exact) mass is 442 g/mol. The summed E-state index contributed by atoms with van der Waals surface area (Å²) in [7, 11) is -2.65. The van der Waals surface area contributed by atoms with Gasteiger partial charge in [0.15, 0.2) is 0 Å². The van der Waals surface area contributed by atoms with Gasteiger partial charge in [0.05, 0.1) is 12.0 Å². The molecule has 1 saturated heterocycles. The second kappa shape index (κ2) is 5.41. The zero-order chi connectivity index (χ0) is 19.0. The molecule has 0 N–H and O–H groups in total. The molecular weight excluding hydrogens is 424 g/mol. The molecular formula is C18H19BrO6S. The number of carbonyl (C=O) groups excluding carboxylic acids is 1. The quantitative estimate of drug-likeness (QED) is 0.526. The maximum Gasteiger partial charge on any atom is 0.338 e. The van der Waals surface area contributed by atoms with Crippen LogP contribution in [0.2, 0.25) is 0 Å². The Labute approximate surface area is 160 Å². The minimum Gasteiger partial charge on any atom is -0.383 e. The van der Waals surface area contributed by atoms with E-state index in [1.54, 1.807) is 25.1 Å². The fraction of sp³-hybridized carbons (Fsp3) is 0.500. The van der Waals surface area contributed by atoms with Crippen molar-refractivity contribution in [1.29, 1.82) is 0 Å². The summed E-state index contributed by atoms with van der Waals surface area (Å²) in [5, 5.41) is 0. The highest BCUT2D eigenvalue weighted by Gasteiger charge is 2.77. The summed E-state index contributed by atoms with van der Waals surface area (Å²) in [6.07, 6.45) is 2.06. The van der Waals surface area contributed by atoms with Gasteiger partial charge < -0.3 is 13.7 Å². The smallest absolute Gasteiger partial charge is 0.338 e. The predicted molar refractivity (Wildman–Crippen MR) is 96.1 cm³/mol. The number of benzene rings is 1. The first-order chi connectivity index (χ1) is 12.1. The molecule has 1 aliphatic heterocycles. The zero-order valence-electron chi connectivity index (χ0n) is 14.6. The van der Waals surface area contributed by atoms with Gasteiger partial charge >= 0.3 is 10.1 Å². The topological polar surface area (TPSA) is 78.9 Å². The molecule has 4 bridgehead atoms. The third-order valence-corrected chi connectivity index (χ3v) is 8.04. The molecule has 4 aliphatic rings. The third kappa shape index (κ3) is 2.10. The Morgan fingerprint density at radius 2 is 1.92 bits per heavy atom. The number of rotatable bonds is 4. The van der Waals surface area contributed by atoms with Gasteiger partial charge in [-0.2, -0.15) is 8.42 Å². The van der Waals surface area contributed by atoms with Gasteiger partial charge in [0.1, 0.15) is 15.0 Å². The van der Waals surface area contributed by atoms with E-state index in [9.17, 15) is 13.2 Å².